The van der Waals surface area contributed by atoms with E-state index in [1.165, 1.54) is 32.4 Å². The maximum absolute atomic E-state index is 4.70. The number of hydrogen-bond donors (Lipinski definition) is 0. The van der Waals surface area contributed by atoms with Crippen LogP contribution in [0.25, 0.3) is 15.5 Å². The molecule has 2 aromatic heterocycles. The van der Waals surface area contributed by atoms with Crippen molar-refractivity contribution in [3.05, 3.63) is 36.2 Å². The van der Waals surface area contributed by atoms with Crippen molar-refractivity contribution >= 4 is 16.3 Å². The molecule has 0 unspecified atom stereocenters. The SMILES string of the molecule is c1ccc(-c2nn3c(CCN4CCCCC4)nnc3s2)cc1. The van der Waals surface area contributed by atoms with Gasteiger partial charge in [-0.05, 0) is 25.9 Å². The van der Waals surface area contributed by atoms with Gasteiger partial charge in [0.2, 0.25) is 4.96 Å². The number of nitrogens with zero attached hydrogens (tertiary/aromatic N) is 5. The van der Waals surface area contributed by atoms with Crippen LogP contribution in [0.4, 0.5) is 0 Å². The van der Waals surface area contributed by atoms with Crippen LogP contribution in [-0.2, 0) is 6.42 Å². The van der Waals surface area contributed by atoms with E-state index in [9.17, 15) is 0 Å². The zero-order chi connectivity index (χ0) is 14.8. The number of aromatic nitrogens is 4. The van der Waals surface area contributed by atoms with Gasteiger partial charge in [-0.15, -0.1) is 10.2 Å². The molecule has 0 bridgehead atoms. The minimum atomic E-state index is 0.882. The summed E-state index contributed by atoms with van der Waals surface area (Å²) >= 11 is 1.60. The first kappa shape index (κ1) is 13.8. The van der Waals surface area contributed by atoms with E-state index in [2.05, 4.69) is 27.2 Å². The summed E-state index contributed by atoms with van der Waals surface area (Å²) in [4.78, 5) is 3.40. The van der Waals surface area contributed by atoms with Crippen LogP contribution in [0.2, 0.25) is 0 Å². The van der Waals surface area contributed by atoms with Crippen LogP contribution in [0.5, 0.6) is 0 Å². The van der Waals surface area contributed by atoms with Crippen LogP contribution in [0.1, 0.15) is 25.1 Å². The Morgan fingerprint density at radius 1 is 1.00 bits per heavy atom. The van der Waals surface area contributed by atoms with Gasteiger partial charge in [-0.25, -0.2) is 0 Å². The van der Waals surface area contributed by atoms with Crippen molar-refractivity contribution in [2.45, 2.75) is 25.7 Å². The number of benzene rings is 1. The smallest absolute Gasteiger partial charge is 0.234 e. The summed E-state index contributed by atoms with van der Waals surface area (Å²) in [6.07, 6.45) is 4.94. The molecule has 5 nitrogen and oxygen atoms in total. The molecule has 22 heavy (non-hydrogen) atoms. The maximum Gasteiger partial charge on any atom is 0.234 e. The molecule has 0 N–H and O–H groups in total. The van der Waals surface area contributed by atoms with E-state index in [0.717, 1.165) is 34.3 Å². The average molecular weight is 313 g/mol. The van der Waals surface area contributed by atoms with E-state index in [4.69, 9.17) is 5.10 Å². The van der Waals surface area contributed by atoms with Gasteiger partial charge in [0, 0.05) is 18.5 Å². The van der Waals surface area contributed by atoms with Crippen LogP contribution in [0.15, 0.2) is 30.3 Å². The highest BCUT2D eigenvalue weighted by atomic mass is 32.1. The fourth-order valence-electron chi connectivity index (χ4n) is 2.95. The Morgan fingerprint density at radius 2 is 1.82 bits per heavy atom. The highest BCUT2D eigenvalue weighted by Crippen LogP contribution is 2.25. The molecule has 1 aliphatic rings. The Kier molecular flexibility index (Phi) is 3.86. The lowest BCUT2D eigenvalue weighted by molar-refractivity contribution is 0.230. The molecule has 1 saturated heterocycles. The molecule has 0 amide bonds. The number of piperidine rings is 1. The number of fused-ring (bicyclic) bond motifs is 1. The van der Waals surface area contributed by atoms with E-state index in [1.54, 1.807) is 11.3 Å². The molecule has 0 spiro atoms. The maximum atomic E-state index is 4.70. The largest absolute Gasteiger partial charge is 0.303 e. The first-order valence-electron chi connectivity index (χ1n) is 7.89. The summed E-state index contributed by atoms with van der Waals surface area (Å²) in [7, 11) is 0. The molecule has 3 aromatic rings. The van der Waals surface area contributed by atoms with Crippen molar-refractivity contribution in [3.8, 4) is 10.6 Å². The molecular weight excluding hydrogens is 294 g/mol. The van der Waals surface area contributed by atoms with E-state index >= 15 is 0 Å². The predicted molar refractivity (Wildman–Crippen MR) is 88.1 cm³/mol. The van der Waals surface area contributed by atoms with Gasteiger partial charge in [0.15, 0.2) is 5.82 Å². The molecule has 3 heterocycles. The Balaban J connectivity index is 1.53. The zero-order valence-electron chi connectivity index (χ0n) is 12.5. The van der Waals surface area contributed by atoms with E-state index in [-0.39, 0.29) is 0 Å². The number of hydrogen-bond acceptors (Lipinski definition) is 5. The fraction of sp³-hybridized carbons (Fsp3) is 0.438. The third kappa shape index (κ3) is 2.76. The summed E-state index contributed by atoms with van der Waals surface area (Å²) in [5.74, 6) is 0.971. The van der Waals surface area contributed by atoms with Crippen LogP contribution in [0.3, 0.4) is 0 Å². The summed E-state index contributed by atoms with van der Waals surface area (Å²) in [5.41, 5.74) is 1.14. The number of likely N-dealkylation sites (tertiary alicyclic amines) is 1. The first-order valence-corrected chi connectivity index (χ1v) is 8.71. The number of rotatable bonds is 4. The lowest BCUT2D eigenvalue weighted by Crippen LogP contribution is -2.31. The van der Waals surface area contributed by atoms with Crippen molar-refractivity contribution in [1.82, 2.24) is 24.7 Å². The molecule has 1 fully saturated rings. The lowest BCUT2D eigenvalue weighted by Gasteiger charge is -2.25. The molecule has 1 aliphatic heterocycles. The average Bonchev–Trinajstić information content (AvgIpc) is 3.16. The van der Waals surface area contributed by atoms with Crippen molar-refractivity contribution in [2.75, 3.05) is 19.6 Å². The second-order valence-corrected chi connectivity index (χ2v) is 6.69. The molecular formula is C16H19N5S. The Hall–Kier alpha value is -1.79. The first-order chi connectivity index (χ1) is 10.9. The Labute approximate surface area is 133 Å². The standard InChI is InChI=1S/C16H19N5S/c1-3-7-13(8-4-1)15-19-21-14(17-18-16(21)22-15)9-12-20-10-5-2-6-11-20/h1,3-4,7-8H,2,5-6,9-12H2. The molecule has 0 aliphatic carbocycles. The van der Waals surface area contributed by atoms with Gasteiger partial charge in [-0.1, -0.05) is 48.1 Å². The predicted octanol–water partition coefficient (Wildman–Crippen LogP) is 2.88. The summed E-state index contributed by atoms with van der Waals surface area (Å²) < 4.78 is 1.91. The highest BCUT2D eigenvalue weighted by Gasteiger charge is 2.15. The van der Waals surface area contributed by atoms with Gasteiger partial charge in [-0.2, -0.15) is 9.61 Å². The topological polar surface area (TPSA) is 46.3 Å². The third-order valence-electron chi connectivity index (χ3n) is 4.18. The second kappa shape index (κ2) is 6.14. The second-order valence-electron chi connectivity index (χ2n) is 5.74. The van der Waals surface area contributed by atoms with Crippen molar-refractivity contribution in [3.63, 3.8) is 0 Å². The fourth-order valence-corrected chi connectivity index (χ4v) is 3.82. The van der Waals surface area contributed by atoms with E-state index < -0.39 is 0 Å². The molecule has 0 saturated carbocycles. The Bertz CT molecular complexity index is 742. The van der Waals surface area contributed by atoms with Gasteiger partial charge in [0.1, 0.15) is 5.01 Å². The highest BCUT2D eigenvalue weighted by molar-refractivity contribution is 7.19. The van der Waals surface area contributed by atoms with Crippen molar-refractivity contribution in [2.24, 2.45) is 0 Å². The molecule has 1 aromatic carbocycles. The third-order valence-corrected chi connectivity index (χ3v) is 5.12. The normalized spacial score (nSPS) is 16.4. The quantitative estimate of drug-likeness (QED) is 0.743. The Morgan fingerprint density at radius 3 is 2.64 bits per heavy atom. The van der Waals surface area contributed by atoms with Crippen LogP contribution >= 0.6 is 11.3 Å². The van der Waals surface area contributed by atoms with Gasteiger partial charge in [-0.3, -0.25) is 0 Å². The minimum Gasteiger partial charge on any atom is -0.303 e. The minimum absolute atomic E-state index is 0.882. The molecule has 0 radical (unpaired) electrons. The van der Waals surface area contributed by atoms with Crippen LogP contribution in [0, 0.1) is 0 Å². The van der Waals surface area contributed by atoms with Crippen LogP contribution in [-0.4, -0.2) is 44.3 Å². The monoisotopic (exact) mass is 313 g/mol. The lowest BCUT2D eigenvalue weighted by atomic mass is 10.1. The van der Waals surface area contributed by atoms with Gasteiger partial charge in [0.25, 0.3) is 0 Å². The van der Waals surface area contributed by atoms with Gasteiger partial charge < -0.3 is 4.90 Å². The zero-order valence-corrected chi connectivity index (χ0v) is 13.3. The molecule has 4 rings (SSSR count). The van der Waals surface area contributed by atoms with E-state index in [0.29, 0.717) is 0 Å². The van der Waals surface area contributed by atoms with Gasteiger partial charge in [0.05, 0.1) is 0 Å². The molecule has 0 atom stereocenters. The summed E-state index contributed by atoms with van der Waals surface area (Å²) in [5, 5.41) is 14.3. The summed E-state index contributed by atoms with van der Waals surface area (Å²) in [6, 6.07) is 10.3. The van der Waals surface area contributed by atoms with Crippen LogP contribution < -0.4 is 0 Å². The van der Waals surface area contributed by atoms with Crippen molar-refractivity contribution in [1.29, 1.82) is 0 Å². The molecule has 6 heteroatoms. The molecule has 114 valence electrons. The van der Waals surface area contributed by atoms with E-state index in [1.807, 2.05) is 22.7 Å². The van der Waals surface area contributed by atoms with Gasteiger partial charge >= 0.3 is 0 Å². The summed E-state index contributed by atoms with van der Waals surface area (Å²) in [6.45, 7) is 3.49. The van der Waals surface area contributed by atoms with Crippen molar-refractivity contribution < 1.29 is 0 Å².